The van der Waals surface area contributed by atoms with Gasteiger partial charge in [-0.1, -0.05) is 19.3 Å². The predicted molar refractivity (Wildman–Crippen MR) is 95.4 cm³/mol. The van der Waals surface area contributed by atoms with E-state index in [1.165, 1.54) is 43.2 Å². The zero-order valence-corrected chi connectivity index (χ0v) is 14.8. The van der Waals surface area contributed by atoms with E-state index in [9.17, 15) is 0 Å². The molecule has 1 saturated carbocycles. The van der Waals surface area contributed by atoms with Crippen LogP contribution in [0.25, 0.3) is 0 Å². The maximum atomic E-state index is 6.01. The number of nitrogens with zero attached hydrogens (tertiary/aromatic N) is 3. The number of rotatable bonds is 6. The fourth-order valence-electron chi connectivity index (χ4n) is 3.91. The maximum Gasteiger partial charge on any atom is 0.125 e. The van der Waals surface area contributed by atoms with Crippen molar-refractivity contribution >= 4 is 0 Å². The summed E-state index contributed by atoms with van der Waals surface area (Å²) in [6.07, 6.45) is 13.5. The first-order valence-corrected chi connectivity index (χ1v) is 9.53. The van der Waals surface area contributed by atoms with Crippen LogP contribution >= 0.6 is 0 Å². The summed E-state index contributed by atoms with van der Waals surface area (Å²) in [4.78, 5) is 4.07. The molecule has 25 heavy (non-hydrogen) atoms. The van der Waals surface area contributed by atoms with Crippen LogP contribution in [0, 0.1) is 5.92 Å². The van der Waals surface area contributed by atoms with Crippen LogP contribution in [-0.2, 0) is 22.4 Å². The molecule has 0 aromatic carbocycles. The Bertz CT molecular complexity index is 665. The first-order chi connectivity index (χ1) is 12.4. The number of pyridine rings is 1. The number of fused-ring (bicyclic) bond motifs is 1. The molecule has 1 aliphatic carbocycles. The van der Waals surface area contributed by atoms with Gasteiger partial charge in [0.2, 0.25) is 0 Å². The minimum Gasteiger partial charge on any atom is -0.378 e. The third-order valence-corrected chi connectivity index (χ3v) is 5.31. The Hall–Kier alpha value is -1.72. The second kappa shape index (κ2) is 8.11. The third-order valence-electron chi connectivity index (χ3n) is 5.31. The number of ether oxygens (including phenoxy) is 2. The van der Waals surface area contributed by atoms with E-state index in [2.05, 4.69) is 11.2 Å². The van der Waals surface area contributed by atoms with Gasteiger partial charge in [0.25, 0.3) is 0 Å². The first kappa shape index (κ1) is 16.7. The number of aromatic nitrogens is 3. The van der Waals surface area contributed by atoms with Crippen molar-refractivity contribution in [3.05, 3.63) is 47.5 Å². The van der Waals surface area contributed by atoms with E-state index in [-0.39, 0.29) is 6.10 Å². The highest BCUT2D eigenvalue weighted by Crippen LogP contribution is 2.28. The van der Waals surface area contributed by atoms with Gasteiger partial charge >= 0.3 is 0 Å². The lowest BCUT2D eigenvalue weighted by Gasteiger charge is -2.25. The van der Waals surface area contributed by atoms with Crippen molar-refractivity contribution in [3.8, 4) is 0 Å². The molecule has 0 spiro atoms. The van der Waals surface area contributed by atoms with Crippen LogP contribution in [-0.4, -0.2) is 34.6 Å². The molecule has 0 radical (unpaired) electrons. The van der Waals surface area contributed by atoms with Gasteiger partial charge in [0.05, 0.1) is 25.5 Å². The molecule has 134 valence electrons. The molecular weight excluding hydrogens is 314 g/mol. The monoisotopic (exact) mass is 341 g/mol. The van der Waals surface area contributed by atoms with E-state index in [0.29, 0.717) is 6.61 Å². The Balaban J connectivity index is 1.36. The van der Waals surface area contributed by atoms with Crippen molar-refractivity contribution in [3.63, 3.8) is 0 Å². The average Bonchev–Trinajstić information content (AvgIpc) is 3.07. The van der Waals surface area contributed by atoms with Crippen molar-refractivity contribution in [1.82, 2.24) is 14.8 Å². The molecule has 2 aromatic heterocycles. The Morgan fingerprint density at radius 3 is 2.80 bits per heavy atom. The fraction of sp³-hybridized carbons (Fsp3) is 0.600. The SMILES string of the molecule is c1cc(Cn2cc3c(n2)C(COCC2CCCCC2)OCC3)ccn1. The van der Waals surface area contributed by atoms with Gasteiger partial charge in [-0.3, -0.25) is 9.67 Å². The fourth-order valence-corrected chi connectivity index (χ4v) is 3.91. The third kappa shape index (κ3) is 4.28. The summed E-state index contributed by atoms with van der Waals surface area (Å²) in [7, 11) is 0. The highest BCUT2D eigenvalue weighted by atomic mass is 16.5. The predicted octanol–water partition coefficient (Wildman–Crippen LogP) is 3.54. The molecule has 1 atom stereocenters. The lowest BCUT2D eigenvalue weighted by Crippen LogP contribution is -2.22. The van der Waals surface area contributed by atoms with Crippen LogP contribution in [0.15, 0.2) is 30.7 Å². The zero-order valence-electron chi connectivity index (χ0n) is 14.8. The number of hydrogen-bond donors (Lipinski definition) is 0. The van der Waals surface area contributed by atoms with E-state index in [1.807, 2.05) is 29.2 Å². The molecule has 0 N–H and O–H groups in total. The molecule has 1 unspecified atom stereocenters. The second-order valence-electron chi connectivity index (χ2n) is 7.24. The largest absolute Gasteiger partial charge is 0.378 e. The normalized spacial score (nSPS) is 21.2. The number of hydrogen-bond acceptors (Lipinski definition) is 4. The molecule has 2 aromatic rings. The molecule has 0 amide bonds. The van der Waals surface area contributed by atoms with Gasteiger partial charge in [0.15, 0.2) is 0 Å². The minimum absolute atomic E-state index is 0.0222. The van der Waals surface area contributed by atoms with Crippen LogP contribution in [0.2, 0.25) is 0 Å². The molecule has 5 nitrogen and oxygen atoms in total. The van der Waals surface area contributed by atoms with Gasteiger partial charge in [-0.2, -0.15) is 5.10 Å². The molecule has 1 fully saturated rings. The molecule has 3 heterocycles. The standard InChI is InChI=1S/C20H27N3O2/c1-2-4-17(5-3-1)14-24-15-19-20-18(8-11-25-19)13-23(22-20)12-16-6-9-21-10-7-16/h6-7,9-10,13,17,19H,1-5,8,11-12,14-15H2. The Morgan fingerprint density at radius 1 is 1.12 bits per heavy atom. The molecule has 0 saturated heterocycles. The van der Waals surface area contributed by atoms with Crippen molar-refractivity contribution in [2.45, 2.75) is 51.2 Å². The van der Waals surface area contributed by atoms with Crippen molar-refractivity contribution in [1.29, 1.82) is 0 Å². The topological polar surface area (TPSA) is 49.2 Å². The van der Waals surface area contributed by atoms with Gasteiger partial charge in [0, 0.05) is 25.2 Å². The summed E-state index contributed by atoms with van der Waals surface area (Å²) >= 11 is 0. The molecule has 0 bridgehead atoms. The maximum absolute atomic E-state index is 6.01. The van der Waals surface area contributed by atoms with E-state index in [0.717, 1.165) is 37.8 Å². The molecule has 2 aliphatic rings. The van der Waals surface area contributed by atoms with E-state index < -0.39 is 0 Å². The summed E-state index contributed by atoms with van der Waals surface area (Å²) in [5.74, 6) is 0.737. The molecule has 4 rings (SSSR count). The Kier molecular flexibility index (Phi) is 5.43. The lowest BCUT2D eigenvalue weighted by molar-refractivity contribution is -0.0371. The highest BCUT2D eigenvalue weighted by Gasteiger charge is 2.25. The Labute approximate surface area is 149 Å². The van der Waals surface area contributed by atoms with E-state index in [1.54, 1.807) is 0 Å². The van der Waals surface area contributed by atoms with Crippen LogP contribution in [0.4, 0.5) is 0 Å². The summed E-state index contributed by atoms with van der Waals surface area (Å²) in [6.45, 7) is 3.01. The molecular formula is C20H27N3O2. The average molecular weight is 341 g/mol. The second-order valence-corrected chi connectivity index (χ2v) is 7.24. The molecule has 1 aliphatic heterocycles. The highest BCUT2D eigenvalue weighted by molar-refractivity contribution is 5.23. The first-order valence-electron chi connectivity index (χ1n) is 9.53. The summed E-state index contributed by atoms with van der Waals surface area (Å²) in [6, 6.07) is 4.06. The van der Waals surface area contributed by atoms with Crippen molar-refractivity contribution < 1.29 is 9.47 Å². The van der Waals surface area contributed by atoms with Crippen molar-refractivity contribution in [2.24, 2.45) is 5.92 Å². The van der Waals surface area contributed by atoms with E-state index in [4.69, 9.17) is 14.6 Å². The smallest absolute Gasteiger partial charge is 0.125 e. The quantitative estimate of drug-likeness (QED) is 0.806. The van der Waals surface area contributed by atoms with Crippen LogP contribution < -0.4 is 0 Å². The zero-order chi connectivity index (χ0) is 16.9. The summed E-state index contributed by atoms with van der Waals surface area (Å²) < 4.78 is 14.0. The summed E-state index contributed by atoms with van der Waals surface area (Å²) in [5, 5.41) is 4.78. The van der Waals surface area contributed by atoms with Gasteiger partial charge in [-0.15, -0.1) is 0 Å². The van der Waals surface area contributed by atoms with Gasteiger partial charge in [0.1, 0.15) is 6.10 Å². The molecule has 5 heteroatoms. The lowest BCUT2D eigenvalue weighted by atomic mass is 9.90. The summed E-state index contributed by atoms with van der Waals surface area (Å²) in [5.41, 5.74) is 3.57. The van der Waals surface area contributed by atoms with Gasteiger partial charge < -0.3 is 9.47 Å². The van der Waals surface area contributed by atoms with Gasteiger partial charge in [-0.05, 0) is 48.4 Å². The van der Waals surface area contributed by atoms with Gasteiger partial charge in [-0.25, -0.2) is 0 Å². The van der Waals surface area contributed by atoms with Crippen molar-refractivity contribution in [2.75, 3.05) is 19.8 Å². The van der Waals surface area contributed by atoms with Crippen LogP contribution in [0.3, 0.4) is 0 Å². The Morgan fingerprint density at radius 2 is 1.96 bits per heavy atom. The van der Waals surface area contributed by atoms with Crippen LogP contribution in [0.5, 0.6) is 0 Å². The van der Waals surface area contributed by atoms with E-state index >= 15 is 0 Å². The van der Waals surface area contributed by atoms with Crippen LogP contribution in [0.1, 0.15) is 55.0 Å². The minimum atomic E-state index is -0.0222.